The number of para-hydroxylation sites is 1. The predicted octanol–water partition coefficient (Wildman–Crippen LogP) is 5.69. The van der Waals surface area contributed by atoms with Crippen LogP contribution < -0.4 is 10.1 Å². The molecule has 30 heavy (non-hydrogen) atoms. The van der Waals surface area contributed by atoms with E-state index in [1.54, 1.807) is 0 Å². The van der Waals surface area contributed by atoms with E-state index in [0.29, 0.717) is 11.2 Å². The number of hydrogen-bond donors (Lipinski definition) is 1. The molecule has 4 aliphatic rings. The maximum atomic E-state index is 12.7. The van der Waals surface area contributed by atoms with Crippen molar-refractivity contribution in [3.63, 3.8) is 0 Å². The zero-order chi connectivity index (χ0) is 20.3. The highest BCUT2D eigenvalue weighted by Crippen LogP contribution is 2.61. The molecule has 0 aliphatic heterocycles. The third kappa shape index (κ3) is 3.00. The van der Waals surface area contributed by atoms with E-state index in [1.807, 2.05) is 42.5 Å². The Morgan fingerprint density at radius 3 is 2.43 bits per heavy atom. The van der Waals surface area contributed by atoms with Crippen molar-refractivity contribution in [1.82, 2.24) is 5.32 Å². The molecule has 1 aromatic heterocycles. The van der Waals surface area contributed by atoms with Gasteiger partial charge in [-0.3, -0.25) is 4.79 Å². The number of carbonyl (C=O) groups is 1. The fourth-order valence-electron chi connectivity index (χ4n) is 7.09. The number of benzene rings is 2. The van der Waals surface area contributed by atoms with Crippen molar-refractivity contribution in [2.75, 3.05) is 6.61 Å². The van der Waals surface area contributed by atoms with Crippen LogP contribution in [0.1, 0.15) is 45.4 Å². The number of fused-ring (bicyclic) bond motifs is 3. The van der Waals surface area contributed by atoms with Gasteiger partial charge in [0.05, 0.1) is 0 Å². The van der Waals surface area contributed by atoms with Crippen molar-refractivity contribution in [2.24, 2.45) is 23.2 Å². The molecular formula is C26H29NO3. The van der Waals surface area contributed by atoms with Gasteiger partial charge in [-0.15, -0.1) is 0 Å². The summed E-state index contributed by atoms with van der Waals surface area (Å²) in [6.07, 6.45) is 8.17. The predicted molar refractivity (Wildman–Crippen MR) is 117 cm³/mol. The van der Waals surface area contributed by atoms with Crippen molar-refractivity contribution in [3.8, 4) is 5.75 Å². The topological polar surface area (TPSA) is 51.5 Å². The molecule has 7 rings (SSSR count). The summed E-state index contributed by atoms with van der Waals surface area (Å²) in [4.78, 5) is 12.7. The smallest absolute Gasteiger partial charge is 0.258 e. The molecule has 4 aliphatic carbocycles. The van der Waals surface area contributed by atoms with Gasteiger partial charge in [0.1, 0.15) is 16.9 Å². The molecular weight excluding hydrogens is 374 g/mol. The minimum Gasteiger partial charge on any atom is -0.484 e. The molecule has 4 fully saturated rings. The molecule has 3 aromatic rings. The lowest BCUT2D eigenvalue weighted by Gasteiger charge is -2.59. The van der Waals surface area contributed by atoms with Crippen molar-refractivity contribution < 1.29 is 13.9 Å². The largest absolute Gasteiger partial charge is 0.484 e. The van der Waals surface area contributed by atoms with E-state index in [4.69, 9.17) is 9.15 Å². The molecule has 4 bridgehead atoms. The first-order chi connectivity index (χ1) is 14.6. The quantitative estimate of drug-likeness (QED) is 0.596. The second-order valence-corrected chi connectivity index (χ2v) is 10.1. The van der Waals surface area contributed by atoms with E-state index in [9.17, 15) is 4.79 Å². The van der Waals surface area contributed by atoms with Gasteiger partial charge in [-0.05, 0) is 92.9 Å². The summed E-state index contributed by atoms with van der Waals surface area (Å²) in [5, 5.41) is 5.37. The molecule has 4 saturated carbocycles. The lowest BCUT2D eigenvalue weighted by molar-refractivity contribution is -0.127. The average molecular weight is 404 g/mol. The van der Waals surface area contributed by atoms with Crippen LogP contribution in [0, 0.1) is 23.2 Å². The Labute approximate surface area is 177 Å². The van der Waals surface area contributed by atoms with Crippen LogP contribution in [0.4, 0.5) is 0 Å². The maximum absolute atomic E-state index is 12.7. The number of carbonyl (C=O) groups excluding carboxylic acids is 1. The van der Waals surface area contributed by atoms with Gasteiger partial charge in [-0.25, -0.2) is 0 Å². The third-order valence-electron chi connectivity index (χ3n) is 8.10. The van der Waals surface area contributed by atoms with Crippen molar-refractivity contribution in [2.45, 2.75) is 51.5 Å². The Morgan fingerprint density at radius 1 is 1.03 bits per heavy atom. The Bertz CT molecular complexity index is 1080. The van der Waals surface area contributed by atoms with Crippen LogP contribution in [0.5, 0.6) is 5.75 Å². The molecule has 1 heterocycles. The second-order valence-electron chi connectivity index (χ2n) is 10.1. The van der Waals surface area contributed by atoms with E-state index >= 15 is 0 Å². The zero-order valence-electron chi connectivity index (χ0n) is 17.5. The second kappa shape index (κ2) is 6.76. The van der Waals surface area contributed by atoms with Crippen molar-refractivity contribution >= 4 is 27.8 Å². The lowest BCUT2D eigenvalue weighted by Crippen LogP contribution is -2.56. The van der Waals surface area contributed by atoms with Gasteiger partial charge in [-0.1, -0.05) is 18.2 Å². The number of ether oxygens (including phenoxy) is 1. The zero-order valence-corrected chi connectivity index (χ0v) is 17.5. The monoisotopic (exact) mass is 403 g/mol. The molecule has 2 aromatic carbocycles. The van der Waals surface area contributed by atoms with E-state index in [-0.39, 0.29) is 18.6 Å². The van der Waals surface area contributed by atoms with E-state index < -0.39 is 0 Å². The molecule has 0 unspecified atom stereocenters. The molecule has 4 nitrogen and oxygen atoms in total. The fourth-order valence-corrected chi connectivity index (χ4v) is 7.09. The summed E-state index contributed by atoms with van der Waals surface area (Å²) in [6.45, 7) is 2.27. The third-order valence-corrected chi connectivity index (χ3v) is 8.10. The van der Waals surface area contributed by atoms with Crippen LogP contribution in [-0.4, -0.2) is 18.6 Å². The minimum absolute atomic E-state index is 0.0182. The first-order valence-electron chi connectivity index (χ1n) is 11.4. The van der Waals surface area contributed by atoms with Crippen LogP contribution in [0.2, 0.25) is 0 Å². The van der Waals surface area contributed by atoms with Gasteiger partial charge < -0.3 is 14.5 Å². The molecule has 156 valence electrons. The molecule has 0 saturated heterocycles. The van der Waals surface area contributed by atoms with Gasteiger partial charge in [0.25, 0.3) is 5.91 Å². The number of rotatable bonds is 5. The van der Waals surface area contributed by atoms with E-state index in [2.05, 4.69) is 12.2 Å². The molecule has 0 spiro atoms. The first-order valence-corrected chi connectivity index (χ1v) is 11.4. The fraction of sp³-hybridized carbons (Fsp3) is 0.500. The Balaban J connectivity index is 1.12. The maximum Gasteiger partial charge on any atom is 0.258 e. The summed E-state index contributed by atoms with van der Waals surface area (Å²) in [7, 11) is 0. The van der Waals surface area contributed by atoms with Crippen LogP contribution in [0.25, 0.3) is 21.9 Å². The normalized spacial score (nSPS) is 30.6. The Hall–Kier alpha value is -2.49. The van der Waals surface area contributed by atoms with Gasteiger partial charge >= 0.3 is 0 Å². The lowest BCUT2D eigenvalue weighted by atomic mass is 9.48. The molecule has 4 heteroatoms. The summed E-state index contributed by atoms with van der Waals surface area (Å²) in [5.41, 5.74) is 2.02. The molecule has 1 atom stereocenters. The Morgan fingerprint density at radius 2 is 1.70 bits per heavy atom. The molecule has 1 N–H and O–H groups in total. The van der Waals surface area contributed by atoms with E-state index in [1.165, 1.54) is 38.5 Å². The summed E-state index contributed by atoms with van der Waals surface area (Å²) < 4.78 is 11.7. The number of amides is 1. The Kier molecular flexibility index (Phi) is 4.12. The number of furan rings is 1. The summed E-state index contributed by atoms with van der Waals surface area (Å²) in [5.74, 6) is 3.36. The molecule has 0 radical (unpaired) electrons. The standard InChI is InChI=1S/C26H29NO3/c1-16(26-12-17-8-18(13-26)10-19(9-17)14-26)27-25(28)15-29-20-6-7-24-22(11-20)21-4-2-3-5-23(21)30-24/h2-7,11,16-19H,8-10,12-15H2,1H3,(H,27,28)/t16-,17?,18?,19?,26?/m1/s1. The highest BCUT2D eigenvalue weighted by Gasteiger charge is 2.53. The average Bonchev–Trinajstić information content (AvgIpc) is 3.09. The SMILES string of the molecule is C[C@@H](NC(=O)COc1ccc2oc3ccccc3c2c1)C12CC3CC(CC(C3)C1)C2. The minimum atomic E-state index is -0.0182. The van der Waals surface area contributed by atoms with Crippen LogP contribution in [0.3, 0.4) is 0 Å². The highest BCUT2D eigenvalue weighted by molar-refractivity contribution is 6.05. The van der Waals surface area contributed by atoms with Gasteiger partial charge in [-0.2, -0.15) is 0 Å². The van der Waals surface area contributed by atoms with E-state index in [0.717, 1.165) is 39.7 Å². The van der Waals surface area contributed by atoms with Crippen LogP contribution in [0.15, 0.2) is 46.9 Å². The van der Waals surface area contributed by atoms with Gasteiger partial charge in [0.2, 0.25) is 0 Å². The molecule has 1 amide bonds. The van der Waals surface area contributed by atoms with Crippen LogP contribution >= 0.6 is 0 Å². The summed E-state index contributed by atoms with van der Waals surface area (Å²) in [6, 6.07) is 14.0. The summed E-state index contributed by atoms with van der Waals surface area (Å²) >= 11 is 0. The van der Waals surface area contributed by atoms with Crippen molar-refractivity contribution in [3.05, 3.63) is 42.5 Å². The first kappa shape index (κ1) is 18.3. The number of hydrogen-bond acceptors (Lipinski definition) is 3. The van der Waals surface area contributed by atoms with Gasteiger partial charge in [0.15, 0.2) is 6.61 Å². The van der Waals surface area contributed by atoms with Crippen molar-refractivity contribution in [1.29, 1.82) is 0 Å². The number of nitrogens with one attached hydrogen (secondary N) is 1. The highest BCUT2D eigenvalue weighted by atomic mass is 16.5. The van der Waals surface area contributed by atoms with Crippen LogP contribution in [-0.2, 0) is 4.79 Å². The van der Waals surface area contributed by atoms with Gasteiger partial charge in [0, 0.05) is 16.8 Å².